The summed E-state index contributed by atoms with van der Waals surface area (Å²) in [5.74, 6) is 0.611. The fourth-order valence-electron chi connectivity index (χ4n) is 3.64. The largest absolute Gasteiger partial charge is 0.487 e. The van der Waals surface area contributed by atoms with Crippen LogP contribution in [0.25, 0.3) is 11.0 Å². The molecule has 0 aliphatic rings. The van der Waals surface area contributed by atoms with Crippen molar-refractivity contribution in [3.05, 3.63) is 120 Å². The number of rotatable bonds is 8. The van der Waals surface area contributed by atoms with E-state index in [1.165, 1.54) is 0 Å². The fourth-order valence-corrected chi connectivity index (χ4v) is 3.64. The Hall–Kier alpha value is -4.52. The molecule has 2 heterocycles. The maximum absolute atomic E-state index is 12.6. The van der Waals surface area contributed by atoms with Crippen molar-refractivity contribution < 1.29 is 9.53 Å². The van der Waals surface area contributed by atoms with Gasteiger partial charge in [0.2, 0.25) is 0 Å². The highest BCUT2D eigenvalue weighted by atomic mass is 16.5. The number of nitrogens with zero attached hydrogens (tertiary/aromatic N) is 4. The van der Waals surface area contributed by atoms with Crippen LogP contribution in [0.3, 0.4) is 0 Å². The number of nitrogens with one attached hydrogen (secondary N) is 1. The van der Waals surface area contributed by atoms with Crippen LogP contribution < -0.4 is 10.1 Å². The Labute approximate surface area is 197 Å². The monoisotopic (exact) mass is 449 g/mol. The van der Waals surface area contributed by atoms with E-state index in [1.807, 2.05) is 95.7 Å². The molecule has 2 aromatic heterocycles. The van der Waals surface area contributed by atoms with Crippen LogP contribution in [0, 0.1) is 0 Å². The molecule has 1 N–H and O–H groups in total. The molecule has 168 valence electrons. The van der Waals surface area contributed by atoms with Gasteiger partial charge in [-0.1, -0.05) is 47.7 Å². The number of hydrogen-bond donors (Lipinski definition) is 1. The number of amides is 1. The maximum Gasteiger partial charge on any atom is 0.251 e. The molecule has 3 aromatic carbocycles. The van der Waals surface area contributed by atoms with Gasteiger partial charge in [-0.25, -0.2) is 4.68 Å². The van der Waals surface area contributed by atoms with Crippen LogP contribution in [-0.4, -0.2) is 25.9 Å². The van der Waals surface area contributed by atoms with Gasteiger partial charge in [0.25, 0.3) is 5.91 Å². The summed E-state index contributed by atoms with van der Waals surface area (Å²) in [5, 5.41) is 11.4. The highest BCUT2D eigenvalue weighted by molar-refractivity contribution is 5.94. The minimum atomic E-state index is -0.127. The van der Waals surface area contributed by atoms with E-state index in [9.17, 15) is 4.79 Å². The van der Waals surface area contributed by atoms with Gasteiger partial charge in [-0.2, -0.15) is 0 Å². The number of benzene rings is 3. The summed E-state index contributed by atoms with van der Waals surface area (Å²) in [6.07, 6.45) is 1.74. The lowest BCUT2D eigenvalue weighted by atomic mass is 10.1. The van der Waals surface area contributed by atoms with Crippen molar-refractivity contribution >= 4 is 16.9 Å². The fraction of sp³-hybridized carbons (Fsp3) is 0.111. The third-order valence-corrected chi connectivity index (χ3v) is 5.43. The number of aromatic nitrogens is 4. The van der Waals surface area contributed by atoms with Crippen LogP contribution in [0.1, 0.15) is 27.2 Å². The number of ether oxygens (including phenoxy) is 1. The number of hydrogen-bond acceptors (Lipinski definition) is 5. The van der Waals surface area contributed by atoms with Crippen molar-refractivity contribution in [2.45, 2.75) is 19.7 Å². The third-order valence-electron chi connectivity index (χ3n) is 5.43. The van der Waals surface area contributed by atoms with Crippen LogP contribution >= 0.6 is 0 Å². The molecule has 0 bridgehead atoms. The molecule has 5 rings (SSSR count). The maximum atomic E-state index is 12.6. The van der Waals surface area contributed by atoms with E-state index in [2.05, 4.69) is 20.6 Å². The van der Waals surface area contributed by atoms with Crippen molar-refractivity contribution in [3.8, 4) is 5.75 Å². The molecule has 0 spiro atoms. The summed E-state index contributed by atoms with van der Waals surface area (Å²) in [7, 11) is 0. The van der Waals surface area contributed by atoms with E-state index in [-0.39, 0.29) is 5.91 Å². The van der Waals surface area contributed by atoms with Crippen molar-refractivity contribution in [2.75, 3.05) is 0 Å². The van der Waals surface area contributed by atoms with Gasteiger partial charge in [0.05, 0.1) is 17.8 Å². The van der Waals surface area contributed by atoms with Crippen molar-refractivity contribution in [1.82, 2.24) is 25.3 Å². The van der Waals surface area contributed by atoms with Gasteiger partial charge in [-0.3, -0.25) is 9.78 Å². The SMILES string of the molecule is O=C(NCc1cccc(OCc2ccccn2)c1)c1ccc(Cn2nnc3ccccc32)cc1. The molecule has 0 radical (unpaired) electrons. The molecular weight excluding hydrogens is 426 g/mol. The standard InChI is InChI=1S/C27H23N5O2/c33-27(29-17-21-6-5-8-24(16-21)34-19-23-7-3-4-15-28-23)22-13-11-20(12-14-22)18-32-26-10-2-1-9-25(26)30-31-32/h1-16H,17-19H2,(H,29,33). The highest BCUT2D eigenvalue weighted by Gasteiger charge is 2.08. The summed E-state index contributed by atoms with van der Waals surface area (Å²) in [5.41, 5.74) is 5.32. The highest BCUT2D eigenvalue weighted by Crippen LogP contribution is 2.16. The van der Waals surface area contributed by atoms with E-state index in [1.54, 1.807) is 6.20 Å². The van der Waals surface area contributed by atoms with Crippen LogP contribution in [0.4, 0.5) is 0 Å². The first-order chi connectivity index (χ1) is 16.7. The molecule has 0 saturated carbocycles. The van der Waals surface area contributed by atoms with Crippen LogP contribution in [0.2, 0.25) is 0 Å². The Kier molecular flexibility index (Phi) is 6.25. The zero-order chi connectivity index (χ0) is 23.2. The Morgan fingerprint density at radius 2 is 1.74 bits per heavy atom. The predicted molar refractivity (Wildman–Crippen MR) is 129 cm³/mol. The summed E-state index contributed by atoms with van der Waals surface area (Å²) >= 11 is 0. The average molecular weight is 450 g/mol. The Morgan fingerprint density at radius 1 is 0.882 bits per heavy atom. The second-order valence-corrected chi connectivity index (χ2v) is 7.87. The lowest BCUT2D eigenvalue weighted by molar-refractivity contribution is 0.0951. The summed E-state index contributed by atoms with van der Waals surface area (Å²) in [6.45, 7) is 1.40. The number of pyridine rings is 1. The molecule has 0 aliphatic heterocycles. The minimum absolute atomic E-state index is 0.127. The third kappa shape index (κ3) is 5.10. The molecule has 1 amide bonds. The molecule has 7 heteroatoms. The molecule has 0 unspecified atom stereocenters. The lowest BCUT2D eigenvalue weighted by Gasteiger charge is -2.09. The van der Waals surface area contributed by atoms with Crippen LogP contribution in [0.15, 0.2) is 97.2 Å². The smallest absolute Gasteiger partial charge is 0.251 e. The van der Waals surface area contributed by atoms with Gasteiger partial charge in [0.15, 0.2) is 0 Å². The lowest BCUT2D eigenvalue weighted by Crippen LogP contribution is -2.22. The molecule has 0 atom stereocenters. The van der Waals surface area contributed by atoms with E-state index in [0.717, 1.165) is 33.6 Å². The van der Waals surface area contributed by atoms with Crippen molar-refractivity contribution in [1.29, 1.82) is 0 Å². The van der Waals surface area contributed by atoms with Crippen LogP contribution in [-0.2, 0) is 19.7 Å². The Balaban J connectivity index is 1.16. The van der Waals surface area contributed by atoms with Crippen molar-refractivity contribution in [2.24, 2.45) is 0 Å². The number of fused-ring (bicyclic) bond motifs is 1. The van der Waals surface area contributed by atoms with E-state index < -0.39 is 0 Å². The second-order valence-electron chi connectivity index (χ2n) is 7.87. The normalized spacial score (nSPS) is 10.8. The van der Waals surface area contributed by atoms with Gasteiger partial charge in [-0.05, 0) is 59.7 Å². The number of carbonyl (C=O) groups excluding carboxylic acids is 1. The summed E-state index contributed by atoms with van der Waals surface area (Å²) in [4.78, 5) is 16.9. The number of para-hydroxylation sites is 1. The first-order valence-electron chi connectivity index (χ1n) is 11.0. The van der Waals surface area contributed by atoms with Gasteiger partial charge in [0, 0.05) is 18.3 Å². The molecule has 34 heavy (non-hydrogen) atoms. The summed E-state index contributed by atoms with van der Waals surface area (Å²) < 4.78 is 7.67. The molecule has 7 nitrogen and oxygen atoms in total. The molecule has 0 aliphatic carbocycles. The Morgan fingerprint density at radius 3 is 2.59 bits per heavy atom. The minimum Gasteiger partial charge on any atom is -0.487 e. The van der Waals surface area contributed by atoms with Gasteiger partial charge in [0.1, 0.15) is 17.9 Å². The van der Waals surface area contributed by atoms with E-state index in [0.29, 0.717) is 25.3 Å². The topological polar surface area (TPSA) is 81.9 Å². The zero-order valence-electron chi connectivity index (χ0n) is 18.5. The van der Waals surface area contributed by atoms with Crippen LogP contribution in [0.5, 0.6) is 5.75 Å². The van der Waals surface area contributed by atoms with Gasteiger partial charge in [-0.15, -0.1) is 5.10 Å². The number of carbonyl (C=O) groups is 1. The molecular formula is C27H23N5O2. The second kappa shape index (κ2) is 9.95. The van der Waals surface area contributed by atoms with Gasteiger partial charge >= 0.3 is 0 Å². The predicted octanol–water partition coefficient (Wildman–Crippen LogP) is 4.38. The first kappa shape index (κ1) is 21.3. The Bertz CT molecular complexity index is 1400. The van der Waals surface area contributed by atoms with Gasteiger partial charge < -0.3 is 10.1 Å². The quantitative estimate of drug-likeness (QED) is 0.380. The molecule has 5 aromatic rings. The molecule has 0 saturated heterocycles. The zero-order valence-corrected chi connectivity index (χ0v) is 18.5. The van der Waals surface area contributed by atoms with Crippen molar-refractivity contribution in [3.63, 3.8) is 0 Å². The van der Waals surface area contributed by atoms with E-state index in [4.69, 9.17) is 4.74 Å². The molecule has 0 fully saturated rings. The van der Waals surface area contributed by atoms with E-state index >= 15 is 0 Å². The average Bonchev–Trinajstić information content (AvgIpc) is 3.30. The first-order valence-corrected chi connectivity index (χ1v) is 11.0. The summed E-state index contributed by atoms with van der Waals surface area (Å²) in [6, 6.07) is 28.8.